The molecule has 2 fully saturated rings. The molecule has 0 spiro atoms. The molecule has 1 saturated heterocycles. The molecule has 46 heavy (non-hydrogen) atoms. The molecule has 2 N–H and O–H groups in total. The molecule has 7 rings (SSSR count). The monoisotopic (exact) mass is 700 g/mol. The highest BCUT2D eigenvalue weighted by molar-refractivity contribution is 9.10. The van der Waals surface area contributed by atoms with Crippen LogP contribution in [-0.4, -0.2) is 87.8 Å². The van der Waals surface area contributed by atoms with Gasteiger partial charge in [0.15, 0.2) is 0 Å². The molecular formula is C33H38BrN10OP. The molecule has 0 bridgehead atoms. The lowest BCUT2D eigenvalue weighted by Gasteiger charge is -2.37. The highest BCUT2D eigenvalue weighted by Gasteiger charge is 2.28. The molecule has 4 heterocycles. The summed E-state index contributed by atoms with van der Waals surface area (Å²) in [4.78, 5) is 23.4. The lowest BCUT2D eigenvalue weighted by Crippen LogP contribution is -2.47. The molecule has 11 nitrogen and oxygen atoms in total. The molecule has 1 saturated carbocycles. The van der Waals surface area contributed by atoms with Gasteiger partial charge in [-0.05, 0) is 66.2 Å². The van der Waals surface area contributed by atoms with Crippen molar-refractivity contribution in [3.05, 3.63) is 59.9 Å². The molecular weight excluding hydrogens is 663 g/mol. The zero-order valence-corrected chi connectivity index (χ0v) is 29.0. The van der Waals surface area contributed by atoms with E-state index in [4.69, 9.17) is 9.72 Å². The average Bonchev–Trinajstić information content (AvgIpc) is 3.78. The highest BCUT2D eigenvalue weighted by Crippen LogP contribution is 2.41. The maximum atomic E-state index is 5.95. The van der Waals surface area contributed by atoms with E-state index in [0.717, 1.165) is 81.4 Å². The zero-order valence-electron chi connectivity index (χ0n) is 26.5. The fraction of sp³-hybridized carbons (Fsp3) is 0.364. The molecule has 13 heteroatoms. The van der Waals surface area contributed by atoms with E-state index in [2.05, 4.69) is 94.1 Å². The number of fused-ring (bicyclic) bond motifs is 1. The fourth-order valence-corrected chi connectivity index (χ4v) is 7.59. The topological polar surface area (TPSA) is 109 Å². The summed E-state index contributed by atoms with van der Waals surface area (Å²) < 4.78 is 8.54. The van der Waals surface area contributed by atoms with Crippen LogP contribution < -0.4 is 25.6 Å². The number of halogens is 1. The number of methoxy groups -OCH3 is 1. The summed E-state index contributed by atoms with van der Waals surface area (Å²) in [7, 11) is 3.18. The van der Waals surface area contributed by atoms with Gasteiger partial charge in [-0.25, -0.2) is 15.0 Å². The van der Waals surface area contributed by atoms with Gasteiger partial charge in [-0.2, -0.15) is 10.1 Å². The van der Waals surface area contributed by atoms with Crippen LogP contribution in [0.15, 0.2) is 59.9 Å². The largest absolute Gasteiger partial charge is 0.494 e. The zero-order chi connectivity index (χ0) is 31.8. The van der Waals surface area contributed by atoms with Crippen molar-refractivity contribution in [3.8, 4) is 16.9 Å². The Morgan fingerprint density at radius 1 is 1.00 bits per heavy atom. The number of nitrogens with zero attached hydrogens (tertiary/aromatic N) is 8. The number of ether oxygens (including phenoxy) is 1. The van der Waals surface area contributed by atoms with Crippen molar-refractivity contribution in [2.45, 2.75) is 12.8 Å². The van der Waals surface area contributed by atoms with Crippen molar-refractivity contribution < 1.29 is 4.74 Å². The van der Waals surface area contributed by atoms with Crippen molar-refractivity contribution in [1.29, 1.82) is 0 Å². The van der Waals surface area contributed by atoms with Gasteiger partial charge in [0.1, 0.15) is 17.9 Å². The van der Waals surface area contributed by atoms with Crippen LogP contribution in [0.4, 0.5) is 28.8 Å². The maximum Gasteiger partial charge on any atom is 0.229 e. The second kappa shape index (κ2) is 13.1. The first-order valence-corrected chi connectivity index (χ1v) is 18.5. The van der Waals surface area contributed by atoms with Gasteiger partial charge >= 0.3 is 0 Å². The van der Waals surface area contributed by atoms with Gasteiger partial charge in [0.25, 0.3) is 0 Å². The summed E-state index contributed by atoms with van der Waals surface area (Å²) in [6.45, 7) is 9.76. The predicted molar refractivity (Wildman–Crippen MR) is 191 cm³/mol. The number of rotatable bonds is 10. The van der Waals surface area contributed by atoms with Crippen LogP contribution in [0.5, 0.6) is 5.75 Å². The average molecular weight is 702 g/mol. The summed E-state index contributed by atoms with van der Waals surface area (Å²) in [6.07, 6.45) is 11.9. The minimum absolute atomic E-state index is 0.447. The van der Waals surface area contributed by atoms with Gasteiger partial charge in [-0.15, -0.1) is 0 Å². The molecule has 0 atom stereocenters. The number of piperazine rings is 1. The summed E-state index contributed by atoms with van der Waals surface area (Å²) in [5.74, 6) is 2.72. The van der Waals surface area contributed by atoms with Crippen LogP contribution in [0, 0.1) is 5.92 Å². The van der Waals surface area contributed by atoms with E-state index in [1.165, 1.54) is 24.7 Å². The van der Waals surface area contributed by atoms with E-state index in [1.54, 1.807) is 19.6 Å². The SMILES string of the molecule is COc1cc(N2CCN(CC3CC3)CC2)c(-c2cnn(C)c2)cc1Nc1ncc(Br)c(Nc2ccc3cncnc3c2P(C)C)n1. The van der Waals surface area contributed by atoms with E-state index in [0.29, 0.717) is 11.8 Å². The third kappa shape index (κ3) is 6.52. The van der Waals surface area contributed by atoms with Crippen molar-refractivity contribution in [1.82, 2.24) is 34.6 Å². The van der Waals surface area contributed by atoms with Crippen molar-refractivity contribution in [2.75, 3.05) is 68.7 Å². The van der Waals surface area contributed by atoms with Gasteiger partial charge in [0.05, 0.1) is 29.0 Å². The van der Waals surface area contributed by atoms with Gasteiger partial charge in [-0.1, -0.05) is 7.92 Å². The van der Waals surface area contributed by atoms with E-state index in [1.807, 2.05) is 30.2 Å². The fourth-order valence-electron chi connectivity index (χ4n) is 6.08. The van der Waals surface area contributed by atoms with E-state index in [-0.39, 0.29) is 0 Å². The minimum atomic E-state index is -0.470. The van der Waals surface area contributed by atoms with Gasteiger partial charge in [-0.3, -0.25) is 9.58 Å². The Morgan fingerprint density at radius 2 is 1.83 bits per heavy atom. The molecule has 238 valence electrons. The highest BCUT2D eigenvalue weighted by atomic mass is 79.9. The first-order chi connectivity index (χ1) is 22.4. The van der Waals surface area contributed by atoms with Gasteiger partial charge < -0.3 is 20.3 Å². The Hall–Kier alpha value is -3.86. The van der Waals surface area contributed by atoms with Crippen molar-refractivity contribution >= 4 is 68.9 Å². The summed E-state index contributed by atoms with van der Waals surface area (Å²) in [5, 5.41) is 13.7. The maximum absolute atomic E-state index is 5.95. The Kier molecular flexibility index (Phi) is 8.76. The summed E-state index contributed by atoms with van der Waals surface area (Å²) in [6, 6.07) is 8.36. The third-order valence-corrected chi connectivity index (χ3v) is 10.5. The van der Waals surface area contributed by atoms with E-state index < -0.39 is 7.92 Å². The lowest BCUT2D eigenvalue weighted by atomic mass is 10.0. The molecule has 1 aliphatic heterocycles. The number of aromatic nitrogens is 6. The van der Waals surface area contributed by atoms with Crippen LogP contribution in [0.25, 0.3) is 22.0 Å². The van der Waals surface area contributed by atoms with Crippen LogP contribution in [-0.2, 0) is 7.05 Å². The Morgan fingerprint density at radius 3 is 2.54 bits per heavy atom. The smallest absolute Gasteiger partial charge is 0.229 e. The number of aryl methyl sites for hydroxylation is 1. The van der Waals surface area contributed by atoms with E-state index >= 15 is 0 Å². The Labute approximate surface area is 278 Å². The predicted octanol–water partition coefficient (Wildman–Crippen LogP) is 5.98. The molecule has 3 aromatic heterocycles. The van der Waals surface area contributed by atoms with Crippen LogP contribution in [0.2, 0.25) is 0 Å². The molecule has 0 radical (unpaired) electrons. The standard InChI is InChI=1S/C33H38BrN10OP/c1-42-19-23(16-38-42)24-13-27(29(45-2)14-28(24)44-11-9-43(10-12-44)18-21-5-6-21)40-33-36-17-25(34)32(41-33)39-26-8-7-22-15-35-20-37-30(22)31(26)46(3)4/h7-8,13-17,19-21H,5-6,9-12,18H2,1-4H3,(H2,36,39,40,41). The summed E-state index contributed by atoms with van der Waals surface area (Å²) in [5.41, 5.74) is 5.97. The second-order valence-electron chi connectivity index (χ2n) is 12.2. The Bertz CT molecular complexity index is 1870. The number of anilines is 5. The number of nitrogens with one attached hydrogen (secondary N) is 2. The minimum Gasteiger partial charge on any atom is -0.494 e. The Balaban J connectivity index is 1.20. The number of benzene rings is 2. The molecule has 1 aliphatic carbocycles. The van der Waals surface area contributed by atoms with Crippen LogP contribution in [0.1, 0.15) is 12.8 Å². The lowest BCUT2D eigenvalue weighted by molar-refractivity contribution is 0.248. The first-order valence-electron chi connectivity index (χ1n) is 15.5. The number of hydrogen-bond acceptors (Lipinski definition) is 10. The van der Waals surface area contributed by atoms with E-state index in [9.17, 15) is 0 Å². The van der Waals surface area contributed by atoms with Crippen LogP contribution >= 0.6 is 23.9 Å². The third-order valence-electron chi connectivity index (χ3n) is 8.60. The quantitative estimate of drug-likeness (QED) is 0.169. The summed E-state index contributed by atoms with van der Waals surface area (Å²) >= 11 is 3.65. The van der Waals surface area contributed by atoms with Crippen molar-refractivity contribution in [3.63, 3.8) is 0 Å². The van der Waals surface area contributed by atoms with Crippen molar-refractivity contribution in [2.24, 2.45) is 13.0 Å². The number of hydrogen-bond donors (Lipinski definition) is 2. The molecule has 0 unspecified atom stereocenters. The van der Waals surface area contributed by atoms with Gasteiger partial charge in [0, 0.05) is 97.6 Å². The van der Waals surface area contributed by atoms with Crippen LogP contribution in [0.3, 0.4) is 0 Å². The molecule has 0 amide bonds. The molecule has 2 aliphatic rings. The molecule has 5 aromatic rings. The first kappa shape index (κ1) is 30.8. The normalized spacial score (nSPS) is 15.5. The second-order valence-corrected chi connectivity index (χ2v) is 15.3. The van der Waals surface area contributed by atoms with Gasteiger partial charge in [0.2, 0.25) is 5.95 Å². The molecule has 2 aromatic carbocycles.